The van der Waals surface area contributed by atoms with Gasteiger partial charge in [-0.15, -0.1) is 0 Å². The van der Waals surface area contributed by atoms with E-state index in [1.807, 2.05) is 42.5 Å². The summed E-state index contributed by atoms with van der Waals surface area (Å²) in [6.45, 7) is 0.693. The van der Waals surface area contributed by atoms with Crippen LogP contribution in [0.4, 0.5) is 0 Å². The number of rotatable bonds is 4. The molecular formula is C17H17NO. The van der Waals surface area contributed by atoms with Gasteiger partial charge in [0, 0.05) is 23.1 Å². The van der Waals surface area contributed by atoms with Gasteiger partial charge in [0.15, 0.2) is 5.78 Å². The molecule has 2 heteroatoms. The monoisotopic (exact) mass is 251 g/mol. The van der Waals surface area contributed by atoms with Gasteiger partial charge < -0.3 is 5.73 Å². The molecule has 0 radical (unpaired) electrons. The molecule has 2 nitrogen and oxygen atoms in total. The maximum absolute atomic E-state index is 12.3. The minimum Gasteiger partial charge on any atom is -0.330 e. The smallest absolute Gasteiger partial charge is 0.193 e. The Balaban J connectivity index is 1.85. The molecule has 2 aromatic carbocycles. The van der Waals surface area contributed by atoms with E-state index >= 15 is 0 Å². The minimum atomic E-state index is 0.0738. The Morgan fingerprint density at radius 3 is 2.05 bits per heavy atom. The molecule has 0 unspecified atom stereocenters. The molecule has 96 valence electrons. The highest BCUT2D eigenvalue weighted by molar-refractivity contribution is 6.08. The molecule has 0 aromatic heterocycles. The average Bonchev–Trinajstić information content (AvgIpc) is 3.29. The first-order valence-corrected chi connectivity index (χ1v) is 6.66. The lowest BCUT2D eigenvalue weighted by Crippen LogP contribution is -2.19. The summed E-state index contributed by atoms with van der Waals surface area (Å²) in [6, 6.07) is 17.3. The zero-order valence-corrected chi connectivity index (χ0v) is 10.8. The van der Waals surface area contributed by atoms with Crippen molar-refractivity contribution in [1.82, 2.24) is 0 Å². The van der Waals surface area contributed by atoms with Crippen molar-refractivity contribution in [3.05, 3.63) is 71.3 Å². The number of carbonyl (C=O) groups excluding carboxylic acids is 1. The van der Waals surface area contributed by atoms with Crippen LogP contribution in [0.5, 0.6) is 0 Å². The van der Waals surface area contributed by atoms with E-state index in [1.54, 1.807) is 0 Å². The van der Waals surface area contributed by atoms with Crippen LogP contribution in [0.15, 0.2) is 54.6 Å². The van der Waals surface area contributed by atoms with E-state index in [4.69, 9.17) is 5.73 Å². The molecule has 0 bridgehead atoms. The first-order chi connectivity index (χ1) is 9.25. The van der Waals surface area contributed by atoms with E-state index < -0.39 is 0 Å². The summed E-state index contributed by atoms with van der Waals surface area (Å²) in [5, 5.41) is 0. The molecule has 0 aliphatic heterocycles. The highest BCUT2D eigenvalue weighted by Gasteiger charge is 2.42. The van der Waals surface area contributed by atoms with Crippen LogP contribution in [0.25, 0.3) is 0 Å². The predicted octanol–water partition coefficient (Wildman–Crippen LogP) is 2.91. The summed E-state index contributed by atoms with van der Waals surface area (Å²) in [5.41, 5.74) is 8.75. The number of nitrogens with two attached hydrogens (primary N) is 1. The second kappa shape index (κ2) is 4.63. The number of hydrogen-bond acceptors (Lipinski definition) is 2. The van der Waals surface area contributed by atoms with Crippen molar-refractivity contribution >= 4 is 5.78 Å². The molecular weight excluding hydrogens is 234 g/mol. The number of hydrogen-bond donors (Lipinski definition) is 1. The van der Waals surface area contributed by atoms with Gasteiger partial charge in [0.2, 0.25) is 0 Å². The highest BCUT2D eigenvalue weighted by atomic mass is 16.1. The number of carbonyl (C=O) groups is 1. The van der Waals surface area contributed by atoms with Gasteiger partial charge in [-0.1, -0.05) is 54.6 Å². The lowest BCUT2D eigenvalue weighted by molar-refractivity contribution is 0.103. The SMILES string of the molecule is NCC1(c2ccc(C(=O)c3ccccc3)cc2)CC1. The summed E-state index contributed by atoms with van der Waals surface area (Å²) in [5.74, 6) is 0.0738. The molecule has 2 N–H and O–H groups in total. The van der Waals surface area contributed by atoms with Gasteiger partial charge in [-0.05, 0) is 18.4 Å². The van der Waals surface area contributed by atoms with Crippen molar-refractivity contribution in [1.29, 1.82) is 0 Å². The fraction of sp³-hybridized carbons (Fsp3) is 0.235. The zero-order chi connectivity index (χ0) is 13.3. The highest BCUT2D eigenvalue weighted by Crippen LogP contribution is 2.47. The molecule has 0 heterocycles. The molecule has 1 fully saturated rings. The van der Waals surface area contributed by atoms with E-state index in [1.165, 1.54) is 5.56 Å². The molecule has 0 amide bonds. The average molecular weight is 251 g/mol. The van der Waals surface area contributed by atoms with Crippen LogP contribution in [0.3, 0.4) is 0 Å². The molecule has 1 saturated carbocycles. The van der Waals surface area contributed by atoms with Gasteiger partial charge >= 0.3 is 0 Å². The summed E-state index contributed by atoms with van der Waals surface area (Å²) in [7, 11) is 0. The van der Waals surface area contributed by atoms with Crippen LogP contribution >= 0.6 is 0 Å². The van der Waals surface area contributed by atoms with Gasteiger partial charge in [-0.3, -0.25) is 4.79 Å². The zero-order valence-electron chi connectivity index (χ0n) is 10.8. The normalized spacial score (nSPS) is 16.1. The lowest BCUT2D eigenvalue weighted by Gasteiger charge is -2.13. The molecule has 1 aliphatic carbocycles. The van der Waals surface area contributed by atoms with E-state index in [0.717, 1.165) is 24.0 Å². The first kappa shape index (κ1) is 12.1. The van der Waals surface area contributed by atoms with E-state index in [0.29, 0.717) is 6.54 Å². The van der Waals surface area contributed by atoms with E-state index in [2.05, 4.69) is 12.1 Å². The summed E-state index contributed by atoms with van der Waals surface area (Å²) in [6.07, 6.45) is 2.32. The summed E-state index contributed by atoms with van der Waals surface area (Å²) >= 11 is 0. The van der Waals surface area contributed by atoms with Crippen molar-refractivity contribution in [2.24, 2.45) is 5.73 Å². The standard InChI is InChI=1S/C17H17NO/c18-12-17(10-11-17)15-8-6-14(7-9-15)16(19)13-4-2-1-3-5-13/h1-9H,10-12,18H2. The quantitative estimate of drug-likeness (QED) is 0.849. The van der Waals surface area contributed by atoms with Crippen LogP contribution < -0.4 is 5.73 Å². The molecule has 3 rings (SSSR count). The maximum Gasteiger partial charge on any atom is 0.193 e. The van der Waals surface area contributed by atoms with Gasteiger partial charge in [0.1, 0.15) is 0 Å². The third-order valence-electron chi connectivity index (χ3n) is 4.04. The van der Waals surface area contributed by atoms with Crippen LogP contribution in [0, 0.1) is 0 Å². The van der Waals surface area contributed by atoms with Crippen molar-refractivity contribution in [2.45, 2.75) is 18.3 Å². The molecule has 0 atom stereocenters. The Morgan fingerprint density at radius 2 is 1.53 bits per heavy atom. The molecule has 0 spiro atoms. The van der Waals surface area contributed by atoms with Crippen molar-refractivity contribution in [3.63, 3.8) is 0 Å². The second-order valence-corrected chi connectivity index (χ2v) is 5.26. The van der Waals surface area contributed by atoms with Crippen molar-refractivity contribution < 1.29 is 4.79 Å². The fourth-order valence-corrected chi connectivity index (χ4v) is 2.49. The van der Waals surface area contributed by atoms with E-state index in [9.17, 15) is 4.79 Å². The maximum atomic E-state index is 12.3. The third-order valence-corrected chi connectivity index (χ3v) is 4.04. The Bertz CT molecular complexity index is 582. The van der Waals surface area contributed by atoms with Crippen molar-refractivity contribution in [2.75, 3.05) is 6.54 Å². The Labute approximate surface area is 113 Å². The molecule has 0 saturated heterocycles. The van der Waals surface area contributed by atoms with Crippen LogP contribution in [0.1, 0.15) is 34.3 Å². The van der Waals surface area contributed by atoms with Crippen LogP contribution in [-0.2, 0) is 5.41 Å². The van der Waals surface area contributed by atoms with Gasteiger partial charge in [-0.25, -0.2) is 0 Å². The summed E-state index contributed by atoms with van der Waals surface area (Å²) < 4.78 is 0. The second-order valence-electron chi connectivity index (χ2n) is 5.26. The largest absolute Gasteiger partial charge is 0.330 e. The molecule has 2 aromatic rings. The Kier molecular flexibility index (Phi) is 2.96. The van der Waals surface area contributed by atoms with Crippen LogP contribution in [-0.4, -0.2) is 12.3 Å². The topological polar surface area (TPSA) is 43.1 Å². The fourth-order valence-electron chi connectivity index (χ4n) is 2.49. The Morgan fingerprint density at radius 1 is 0.947 bits per heavy atom. The van der Waals surface area contributed by atoms with Gasteiger partial charge in [0.05, 0.1) is 0 Å². The Hall–Kier alpha value is -1.93. The number of ketones is 1. The number of benzene rings is 2. The predicted molar refractivity (Wildman–Crippen MR) is 76.3 cm³/mol. The summed E-state index contributed by atoms with van der Waals surface area (Å²) in [4.78, 5) is 12.3. The van der Waals surface area contributed by atoms with Gasteiger partial charge in [-0.2, -0.15) is 0 Å². The first-order valence-electron chi connectivity index (χ1n) is 6.66. The minimum absolute atomic E-state index is 0.0738. The molecule has 19 heavy (non-hydrogen) atoms. The molecule has 1 aliphatic rings. The van der Waals surface area contributed by atoms with E-state index in [-0.39, 0.29) is 11.2 Å². The van der Waals surface area contributed by atoms with Crippen LogP contribution in [0.2, 0.25) is 0 Å². The lowest BCUT2D eigenvalue weighted by atomic mass is 9.93. The van der Waals surface area contributed by atoms with Crippen molar-refractivity contribution in [3.8, 4) is 0 Å². The van der Waals surface area contributed by atoms with Gasteiger partial charge in [0.25, 0.3) is 0 Å². The third kappa shape index (κ3) is 2.20.